The molecule has 5 heteroatoms. The highest BCUT2D eigenvalue weighted by atomic mass is 16.5. The average molecular weight is 202 g/mol. The molecular formula is C10H10N4O. The lowest BCUT2D eigenvalue weighted by Crippen LogP contribution is -1.84. The predicted molar refractivity (Wildman–Crippen MR) is 56.6 cm³/mol. The summed E-state index contributed by atoms with van der Waals surface area (Å²) in [6, 6.07) is 7.58. The highest BCUT2D eigenvalue weighted by Gasteiger charge is 1.92. The number of ether oxygens (including phenoxy) is 1. The molecule has 0 aliphatic carbocycles. The topological polar surface area (TPSA) is 63.2 Å². The van der Waals surface area contributed by atoms with Gasteiger partial charge in [-0.15, -0.1) is 0 Å². The molecule has 0 radical (unpaired) electrons. The maximum absolute atomic E-state index is 5.05. The Bertz CT molecular complexity index is 433. The third kappa shape index (κ3) is 2.40. The van der Waals surface area contributed by atoms with E-state index in [2.05, 4.69) is 20.2 Å². The lowest BCUT2D eigenvalue weighted by molar-refractivity contribution is 0.415. The van der Waals surface area contributed by atoms with Gasteiger partial charge in [-0.3, -0.25) is 0 Å². The van der Waals surface area contributed by atoms with E-state index in [-0.39, 0.29) is 0 Å². The molecular weight excluding hydrogens is 192 g/mol. The zero-order chi connectivity index (χ0) is 10.5. The fourth-order valence-corrected chi connectivity index (χ4v) is 1.09. The molecule has 0 amide bonds. The first kappa shape index (κ1) is 9.39. The van der Waals surface area contributed by atoms with E-state index in [0.29, 0.717) is 5.95 Å². The van der Waals surface area contributed by atoms with Crippen LogP contribution in [0.3, 0.4) is 0 Å². The van der Waals surface area contributed by atoms with Gasteiger partial charge in [0.05, 0.1) is 7.11 Å². The fraction of sp³-hybridized carbons (Fsp3) is 0.100. The highest BCUT2D eigenvalue weighted by Crippen LogP contribution is 2.10. The van der Waals surface area contributed by atoms with Gasteiger partial charge in [0.15, 0.2) is 0 Å². The first-order valence-corrected chi connectivity index (χ1v) is 4.42. The standard InChI is InChI=1S/C10H10N4O/c1-15-9-4-2-8(3-5-9)6-11-10-12-7-13-14-10/h2-7H,1H3,(H,12,13,14). The largest absolute Gasteiger partial charge is 0.497 e. The van der Waals surface area contributed by atoms with Gasteiger partial charge in [0.25, 0.3) is 0 Å². The Morgan fingerprint density at radius 2 is 2.13 bits per heavy atom. The molecule has 15 heavy (non-hydrogen) atoms. The van der Waals surface area contributed by atoms with Crippen LogP contribution in [0.25, 0.3) is 0 Å². The van der Waals surface area contributed by atoms with Gasteiger partial charge < -0.3 is 4.74 Å². The number of nitrogens with zero attached hydrogens (tertiary/aromatic N) is 3. The SMILES string of the molecule is COc1ccc(C=Nc2ncn[nH]2)cc1. The van der Waals surface area contributed by atoms with E-state index < -0.39 is 0 Å². The molecule has 0 saturated heterocycles. The molecule has 0 spiro atoms. The molecule has 2 rings (SSSR count). The van der Waals surface area contributed by atoms with Gasteiger partial charge >= 0.3 is 0 Å². The fourth-order valence-electron chi connectivity index (χ4n) is 1.09. The van der Waals surface area contributed by atoms with Crippen molar-refractivity contribution in [2.24, 2.45) is 4.99 Å². The van der Waals surface area contributed by atoms with E-state index in [1.54, 1.807) is 13.3 Å². The van der Waals surface area contributed by atoms with Gasteiger partial charge in [-0.05, 0) is 29.8 Å². The Hall–Kier alpha value is -2.17. The second kappa shape index (κ2) is 4.36. The van der Waals surface area contributed by atoms with Crippen molar-refractivity contribution in [3.05, 3.63) is 36.2 Å². The Morgan fingerprint density at radius 1 is 1.33 bits per heavy atom. The van der Waals surface area contributed by atoms with E-state index in [4.69, 9.17) is 4.74 Å². The minimum absolute atomic E-state index is 0.491. The molecule has 1 aromatic carbocycles. The van der Waals surface area contributed by atoms with Crippen LogP contribution in [0.1, 0.15) is 5.56 Å². The van der Waals surface area contributed by atoms with Crippen molar-refractivity contribution in [3.63, 3.8) is 0 Å². The van der Waals surface area contributed by atoms with Crippen molar-refractivity contribution >= 4 is 12.2 Å². The molecule has 1 heterocycles. The molecule has 0 aliphatic heterocycles. The van der Waals surface area contributed by atoms with Crippen molar-refractivity contribution in [1.29, 1.82) is 0 Å². The van der Waals surface area contributed by atoms with E-state index >= 15 is 0 Å². The lowest BCUT2D eigenvalue weighted by atomic mass is 10.2. The summed E-state index contributed by atoms with van der Waals surface area (Å²) in [5.41, 5.74) is 0.979. The molecule has 1 aromatic heterocycles. The Kier molecular flexibility index (Phi) is 2.73. The molecule has 1 N–H and O–H groups in total. The number of hydrogen-bond acceptors (Lipinski definition) is 4. The predicted octanol–water partition coefficient (Wildman–Crippen LogP) is 1.56. The first-order valence-electron chi connectivity index (χ1n) is 4.42. The summed E-state index contributed by atoms with van der Waals surface area (Å²) in [7, 11) is 1.64. The zero-order valence-corrected chi connectivity index (χ0v) is 8.21. The number of aromatic amines is 1. The summed E-state index contributed by atoms with van der Waals surface area (Å²) in [6.45, 7) is 0. The van der Waals surface area contributed by atoms with Crippen LogP contribution in [0.5, 0.6) is 5.75 Å². The van der Waals surface area contributed by atoms with Gasteiger partial charge in [-0.25, -0.2) is 10.1 Å². The molecule has 0 bridgehead atoms. The summed E-state index contributed by atoms with van der Waals surface area (Å²) < 4.78 is 5.05. The van der Waals surface area contributed by atoms with Crippen LogP contribution in [0.2, 0.25) is 0 Å². The number of hydrogen-bond donors (Lipinski definition) is 1. The van der Waals surface area contributed by atoms with Crippen LogP contribution in [0, 0.1) is 0 Å². The van der Waals surface area contributed by atoms with Crippen LogP contribution in [-0.4, -0.2) is 28.5 Å². The Morgan fingerprint density at radius 3 is 2.73 bits per heavy atom. The number of H-pyrrole nitrogens is 1. The molecule has 0 saturated carbocycles. The average Bonchev–Trinajstić information content (AvgIpc) is 2.80. The minimum atomic E-state index is 0.491. The second-order valence-electron chi connectivity index (χ2n) is 2.84. The summed E-state index contributed by atoms with van der Waals surface area (Å²) in [6.07, 6.45) is 3.13. The van der Waals surface area contributed by atoms with E-state index in [9.17, 15) is 0 Å². The van der Waals surface area contributed by atoms with Gasteiger partial charge in [-0.2, -0.15) is 10.1 Å². The third-order valence-electron chi connectivity index (χ3n) is 1.85. The van der Waals surface area contributed by atoms with Crippen molar-refractivity contribution < 1.29 is 4.74 Å². The van der Waals surface area contributed by atoms with Gasteiger partial charge in [-0.1, -0.05) is 0 Å². The number of benzene rings is 1. The number of methoxy groups -OCH3 is 1. The third-order valence-corrected chi connectivity index (χ3v) is 1.85. The summed E-state index contributed by atoms with van der Waals surface area (Å²) >= 11 is 0. The molecule has 0 fully saturated rings. The number of rotatable bonds is 3. The van der Waals surface area contributed by atoms with Gasteiger partial charge in [0.2, 0.25) is 5.95 Å². The van der Waals surface area contributed by atoms with Crippen molar-refractivity contribution in [2.45, 2.75) is 0 Å². The summed E-state index contributed by atoms with van der Waals surface area (Å²) in [5.74, 6) is 1.32. The summed E-state index contributed by atoms with van der Waals surface area (Å²) in [4.78, 5) is 7.97. The van der Waals surface area contributed by atoms with Gasteiger partial charge in [0.1, 0.15) is 12.1 Å². The summed E-state index contributed by atoms with van der Waals surface area (Å²) in [5, 5.41) is 6.34. The van der Waals surface area contributed by atoms with Crippen LogP contribution in [0.15, 0.2) is 35.6 Å². The smallest absolute Gasteiger partial charge is 0.245 e. The number of aliphatic imine (C=N–C) groups is 1. The van der Waals surface area contributed by atoms with Crippen LogP contribution < -0.4 is 4.74 Å². The van der Waals surface area contributed by atoms with Crippen molar-refractivity contribution in [3.8, 4) is 5.75 Å². The lowest BCUT2D eigenvalue weighted by Gasteiger charge is -1.98. The van der Waals surface area contributed by atoms with Crippen LogP contribution in [0.4, 0.5) is 5.95 Å². The monoisotopic (exact) mass is 202 g/mol. The molecule has 2 aromatic rings. The second-order valence-corrected chi connectivity index (χ2v) is 2.84. The minimum Gasteiger partial charge on any atom is -0.497 e. The maximum atomic E-state index is 5.05. The normalized spacial score (nSPS) is 10.7. The maximum Gasteiger partial charge on any atom is 0.245 e. The molecule has 0 aliphatic rings. The quantitative estimate of drug-likeness (QED) is 0.768. The Balaban J connectivity index is 2.11. The van der Waals surface area contributed by atoms with Crippen LogP contribution in [-0.2, 0) is 0 Å². The molecule has 0 atom stereocenters. The molecule has 5 nitrogen and oxygen atoms in total. The number of nitrogens with one attached hydrogen (secondary N) is 1. The van der Waals surface area contributed by atoms with E-state index in [1.165, 1.54) is 6.33 Å². The van der Waals surface area contributed by atoms with E-state index in [0.717, 1.165) is 11.3 Å². The van der Waals surface area contributed by atoms with Crippen molar-refractivity contribution in [2.75, 3.05) is 7.11 Å². The first-order chi connectivity index (χ1) is 7.38. The molecule has 76 valence electrons. The highest BCUT2D eigenvalue weighted by molar-refractivity contribution is 5.81. The van der Waals surface area contributed by atoms with Crippen LogP contribution >= 0.6 is 0 Å². The van der Waals surface area contributed by atoms with Gasteiger partial charge in [0, 0.05) is 6.21 Å². The zero-order valence-electron chi connectivity index (χ0n) is 8.21. The van der Waals surface area contributed by atoms with Crippen molar-refractivity contribution in [1.82, 2.24) is 15.2 Å². The molecule has 0 unspecified atom stereocenters. The Labute approximate surface area is 86.8 Å². The van der Waals surface area contributed by atoms with E-state index in [1.807, 2.05) is 24.3 Å². The number of aromatic nitrogens is 3.